The zero-order valence-electron chi connectivity index (χ0n) is 14.4. The first-order valence-corrected chi connectivity index (χ1v) is 8.46. The first-order chi connectivity index (χ1) is 12.3. The van der Waals surface area contributed by atoms with Crippen molar-refractivity contribution in [3.63, 3.8) is 0 Å². The number of carboxylic acid groups (broad SMARTS) is 1. The molecule has 1 fully saturated rings. The molecule has 1 aliphatic rings. The number of nitrogens with one attached hydrogen (secondary N) is 2. The van der Waals surface area contributed by atoms with Crippen LogP contribution < -0.4 is 15.4 Å². The van der Waals surface area contributed by atoms with E-state index in [1.54, 1.807) is 19.9 Å². The Morgan fingerprint density at radius 1 is 1.38 bits per heavy atom. The lowest BCUT2D eigenvalue weighted by atomic mass is 10.1. The van der Waals surface area contributed by atoms with Gasteiger partial charge in [0.25, 0.3) is 0 Å². The van der Waals surface area contributed by atoms with Crippen LogP contribution in [0.3, 0.4) is 0 Å². The second-order valence-electron chi connectivity index (χ2n) is 5.49. The van der Waals surface area contributed by atoms with Crippen molar-refractivity contribution in [2.45, 2.75) is 25.5 Å². The molecular weight excluding hydrogens is 360 g/mol. The third kappa shape index (κ3) is 4.82. The Morgan fingerprint density at radius 2 is 2.12 bits per heavy atom. The number of amides is 2. The van der Waals surface area contributed by atoms with Gasteiger partial charge in [-0.2, -0.15) is 5.10 Å². The minimum absolute atomic E-state index is 0.102. The number of hydrogen-bond acceptors (Lipinski definition) is 7. The van der Waals surface area contributed by atoms with Crippen molar-refractivity contribution in [3.8, 4) is 5.75 Å². The van der Waals surface area contributed by atoms with E-state index in [1.165, 1.54) is 19.2 Å². The molecule has 1 aromatic rings. The standard InChI is InChI=1S/C16H18N4O5S/c1-8(2)19-20-16-18-14(22)11(26-16)7-12(21)17-9-5-4-6-10(25-3)13(9)15(23)24/h4-6,11H,7H2,1-3H3,(H,17,21)(H,23,24)(H,18,20,22). The molecule has 1 heterocycles. The third-order valence-electron chi connectivity index (χ3n) is 3.22. The quantitative estimate of drug-likeness (QED) is 0.510. The molecule has 9 nitrogen and oxygen atoms in total. The SMILES string of the molecule is COc1cccc(NC(=O)CC2SC(=NN=C(C)C)NC2=O)c1C(=O)O. The van der Waals surface area contributed by atoms with Gasteiger partial charge in [0.05, 0.1) is 12.8 Å². The van der Waals surface area contributed by atoms with Crippen molar-refractivity contribution in [3.05, 3.63) is 23.8 Å². The van der Waals surface area contributed by atoms with Crippen molar-refractivity contribution in [2.24, 2.45) is 10.2 Å². The number of aromatic carboxylic acids is 1. The van der Waals surface area contributed by atoms with Gasteiger partial charge < -0.3 is 20.5 Å². The van der Waals surface area contributed by atoms with Gasteiger partial charge in [-0.1, -0.05) is 17.8 Å². The molecule has 0 aromatic heterocycles. The van der Waals surface area contributed by atoms with E-state index in [0.717, 1.165) is 17.5 Å². The van der Waals surface area contributed by atoms with E-state index in [-0.39, 0.29) is 29.3 Å². The van der Waals surface area contributed by atoms with Crippen LogP contribution in [0.5, 0.6) is 5.75 Å². The molecule has 2 amide bonds. The number of anilines is 1. The third-order valence-corrected chi connectivity index (χ3v) is 4.29. The largest absolute Gasteiger partial charge is 0.496 e. The van der Waals surface area contributed by atoms with Crippen LogP contribution in [0.1, 0.15) is 30.6 Å². The van der Waals surface area contributed by atoms with Crippen LogP contribution in [0, 0.1) is 0 Å². The molecule has 10 heteroatoms. The number of amidine groups is 1. The molecule has 3 N–H and O–H groups in total. The smallest absolute Gasteiger partial charge is 0.341 e. The fourth-order valence-corrected chi connectivity index (χ4v) is 3.05. The minimum atomic E-state index is -1.23. The number of thioether (sulfide) groups is 1. The van der Waals surface area contributed by atoms with Gasteiger partial charge in [-0.05, 0) is 26.0 Å². The van der Waals surface area contributed by atoms with E-state index in [9.17, 15) is 19.5 Å². The zero-order chi connectivity index (χ0) is 19.3. The Bertz CT molecular complexity index is 802. The molecule has 0 saturated carbocycles. The van der Waals surface area contributed by atoms with Crippen molar-refractivity contribution < 1.29 is 24.2 Å². The highest BCUT2D eigenvalue weighted by molar-refractivity contribution is 8.15. The van der Waals surface area contributed by atoms with Crippen LogP contribution in [-0.4, -0.2) is 46.1 Å². The van der Waals surface area contributed by atoms with Gasteiger partial charge in [0, 0.05) is 12.1 Å². The van der Waals surface area contributed by atoms with Gasteiger partial charge in [-0.3, -0.25) is 9.59 Å². The Hall–Kier alpha value is -2.88. The molecule has 1 aromatic carbocycles. The number of carboxylic acids is 1. The first-order valence-electron chi connectivity index (χ1n) is 7.58. The number of rotatable bonds is 6. The van der Waals surface area contributed by atoms with E-state index >= 15 is 0 Å². The van der Waals surface area contributed by atoms with E-state index in [4.69, 9.17) is 4.74 Å². The summed E-state index contributed by atoms with van der Waals surface area (Å²) in [5.74, 6) is -1.94. The van der Waals surface area contributed by atoms with Gasteiger partial charge in [0.1, 0.15) is 16.6 Å². The Balaban J connectivity index is 2.08. The van der Waals surface area contributed by atoms with Crippen molar-refractivity contribution in [2.75, 3.05) is 12.4 Å². The summed E-state index contributed by atoms with van der Waals surface area (Å²) in [6.45, 7) is 3.54. The highest BCUT2D eigenvalue weighted by Gasteiger charge is 2.32. The summed E-state index contributed by atoms with van der Waals surface area (Å²) in [5, 5.41) is 21.8. The first kappa shape index (κ1) is 19.4. The fourth-order valence-electron chi connectivity index (χ4n) is 2.13. The average Bonchev–Trinajstić information content (AvgIpc) is 2.92. The van der Waals surface area contributed by atoms with E-state index in [1.807, 2.05) is 0 Å². The van der Waals surface area contributed by atoms with Gasteiger partial charge in [0.2, 0.25) is 11.8 Å². The molecule has 0 radical (unpaired) electrons. The number of nitrogens with zero attached hydrogens (tertiary/aromatic N) is 2. The summed E-state index contributed by atoms with van der Waals surface area (Å²) in [6.07, 6.45) is -0.138. The van der Waals surface area contributed by atoms with E-state index in [0.29, 0.717) is 5.17 Å². The lowest BCUT2D eigenvalue weighted by Gasteiger charge is -2.12. The molecule has 1 aliphatic heterocycles. The number of ether oxygens (including phenoxy) is 1. The summed E-state index contributed by atoms with van der Waals surface area (Å²) in [4.78, 5) is 35.6. The lowest BCUT2D eigenvalue weighted by Crippen LogP contribution is -2.28. The predicted molar refractivity (Wildman–Crippen MR) is 98.9 cm³/mol. The Kier molecular flexibility index (Phi) is 6.34. The van der Waals surface area contributed by atoms with Crippen molar-refractivity contribution in [1.29, 1.82) is 0 Å². The van der Waals surface area contributed by atoms with Crippen LogP contribution in [0.4, 0.5) is 5.69 Å². The van der Waals surface area contributed by atoms with Gasteiger partial charge in [-0.25, -0.2) is 4.79 Å². The predicted octanol–water partition coefficient (Wildman–Crippen LogP) is 1.71. The van der Waals surface area contributed by atoms with Gasteiger partial charge in [0.15, 0.2) is 5.17 Å². The molecular formula is C16H18N4O5S. The topological polar surface area (TPSA) is 129 Å². The number of benzene rings is 1. The number of carbonyl (C=O) groups is 3. The monoisotopic (exact) mass is 378 g/mol. The molecule has 1 saturated heterocycles. The van der Waals surface area contributed by atoms with Gasteiger partial charge >= 0.3 is 5.97 Å². The molecule has 1 unspecified atom stereocenters. The Morgan fingerprint density at radius 3 is 2.73 bits per heavy atom. The molecule has 26 heavy (non-hydrogen) atoms. The van der Waals surface area contributed by atoms with Crippen LogP contribution in [0.2, 0.25) is 0 Å². The maximum atomic E-state index is 12.3. The van der Waals surface area contributed by atoms with Crippen LogP contribution in [-0.2, 0) is 9.59 Å². The van der Waals surface area contributed by atoms with Crippen molar-refractivity contribution in [1.82, 2.24) is 5.32 Å². The molecule has 1 atom stereocenters. The Labute approximate surface area is 153 Å². The lowest BCUT2D eigenvalue weighted by molar-refractivity contribution is -0.122. The van der Waals surface area contributed by atoms with Crippen LogP contribution >= 0.6 is 11.8 Å². The second-order valence-corrected chi connectivity index (χ2v) is 6.68. The second kappa shape index (κ2) is 8.48. The number of hydrogen-bond donors (Lipinski definition) is 3. The van der Waals surface area contributed by atoms with Gasteiger partial charge in [-0.15, -0.1) is 5.10 Å². The number of carbonyl (C=O) groups excluding carboxylic acids is 2. The summed E-state index contributed by atoms with van der Waals surface area (Å²) in [6, 6.07) is 4.50. The van der Waals surface area contributed by atoms with Crippen LogP contribution in [0.25, 0.3) is 0 Å². The summed E-state index contributed by atoms with van der Waals surface area (Å²) in [5.41, 5.74) is 0.681. The van der Waals surface area contributed by atoms with E-state index < -0.39 is 17.1 Å². The van der Waals surface area contributed by atoms with Crippen LogP contribution in [0.15, 0.2) is 28.4 Å². The molecule has 0 aliphatic carbocycles. The molecule has 138 valence electrons. The van der Waals surface area contributed by atoms with Crippen molar-refractivity contribution >= 4 is 46.1 Å². The highest BCUT2D eigenvalue weighted by Crippen LogP contribution is 2.28. The summed E-state index contributed by atoms with van der Waals surface area (Å²) >= 11 is 1.10. The fraction of sp³-hybridized carbons (Fsp3) is 0.312. The normalized spacial score (nSPS) is 17.6. The molecule has 0 bridgehead atoms. The molecule has 2 rings (SSSR count). The summed E-state index contributed by atoms with van der Waals surface area (Å²) < 4.78 is 5.01. The maximum absolute atomic E-state index is 12.3. The zero-order valence-corrected chi connectivity index (χ0v) is 15.2. The highest BCUT2D eigenvalue weighted by atomic mass is 32.2. The number of methoxy groups -OCH3 is 1. The minimum Gasteiger partial charge on any atom is -0.496 e. The average molecular weight is 378 g/mol. The van der Waals surface area contributed by atoms with E-state index in [2.05, 4.69) is 20.8 Å². The maximum Gasteiger partial charge on any atom is 0.341 e. The molecule has 0 spiro atoms. The summed E-state index contributed by atoms with van der Waals surface area (Å²) in [7, 11) is 1.34.